The summed E-state index contributed by atoms with van der Waals surface area (Å²) in [5, 5.41) is 20.6. The SMILES string of the molecule is CC(C)C(=O)ON1C(C)(C)C(O[N+](=O)[O-])C(O[N+](=O)[O-])C1(C)C. The lowest BCUT2D eigenvalue weighted by molar-refractivity contribution is -0.799. The van der Waals surface area contributed by atoms with Crippen LogP contribution in [0.3, 0.4) is 0 Å². The van der Waals surface area contributed by atoms with Crippen LogP contribution in [0, 0.1) is 26.1 Å². The summed E-state index contributed by atoms with van der Waals surface area (Å²) in [5.41, 5.74) is -2.47. The average Bonchev–Trinajstić information content (AvgIpc) is 2.49. The third-order valence-corrected chi connectivity index (χ3v) is 3.77. The second-order valence-corrected chi connectivity index (χ2v) is 6.67. The molecule has 1 rings (SSSR count). The molecule has 0 N–H and O–H groups in total. The number of hydrogen-bond acceptors (Lipinski definition) is 9. The zero-order valence-electron chi connectivity index (χ0n) is 13.8. The second-order valence-electron chi connectivity index (χ2n) is 6.67. The van der Waals surface area contributed by atoms with Gasteiger partial charge in [-0.05, 0) is 27.7 Å². The van der Waals surface area contributed by atoms with Crippen molar-refractivity contribution in [3.63, 3.8) is 0 Å². The van der Waals surface area contributed by atoms with Gasteiger partial charge in [0.05, 0.1) is 17.0 Å². The zero-order chi connectivity index (χ0) is 18.2. The predicted molar refractivity (Wildman–Crippen MR) is 74.7 cm³/mol. The van der Waals surface area contributed by atoms with E-state index in [9.17, 15) is 25.0 Å². The highest BCUT2D eigenvalue weighted by Crippen LogP contribution is 2.44. The third kappa shape index (κ3) is 3.60. The molecule has 11 nitrogen and oxygen atoms in total. The molecular formula is C12H21N3O8. The molecule has 0 aliphatic carbocycles. The van der Waals surface area contributed by atoms with Gasteiger partial charge in [-0.3, -0.25) is 4.79 Å². The molecule has 0 amide bonds. The third-order valence-electron chi connectivity index (χ3n) is 3.77. The summed E-state index contributed by atoms with van der Waals surface area (Å²) in [6.45, 7) is 9.29. The molecule has 23 heavy (non-hydrogen) atoms. The molecule has 1 heterocycles. The highest BCUT2D eigenvalue weighted by atomic mass is 17.0. The maximum absolute atomic E-state index is 11.9. The molecule has 2 unspecified atom stereocenters. The number of hydrogen-bond donors (Lipinski definition) is 0. The minimum absolute atomic E-state index is 0.452. The number of nitrogens with zero attached hydrogens (tertiary/aromatic N) is 3. The number of carbonyl (C=O) groups excluding carboxylic acids is 1. The van der Waals surface area contributed by atoms with Gasteiger partial charge in [0, 0.05) is 0 Å². The van der Waals surface area contributed by atoms with Crippen molar-refractivity contribution in [1.82, 2.24) is 5.06 Å². The predicted octanol–water partition coefficient (Wildman–Crippen LogP) is 1.13. The first-order valence-electron chi connectivity index (χ1n) is 6.96. The Bertz CT molecular complexity index is 471. The molecule has 2 atom stereocenters. The van der Waals surface area contributed by atoms with Crippen molar-refractivity contribution in [2.45, 2.75) is 64.8 Å². The van der Waals surface area contributed by atoms with Gasteiger partial charge in [-0.25, -0.2) is 0 Å². The Balaban J connectivity index is 3.26. The summed E-state index contributed by atoms with van der Waals surface area (Å²) >= 11 is 0. The molecule has 0 bridgehead atoms. The summed E-state index contributed by atoms with van der Waals surface area (Å²) in [5.74, 6) is -1.03. The van der Waals surface area contributed by atoms with Crippen LogP contribution in [0.5, 0.6) is 0 Å². The molecule has 0 radical (unpaired) electrons. The van der Waals surface area contributed by atoms with Crippen molar-refractivity contribution in [2.75, 3.05) is 0 Å². The standard InChI is InChI=1S/C12H21N3O8/c1-7(2)10(16)23-13-11(3,4)8(21-14(17)18)9(12(13,5)6)22-15(19)20/h7-9H,1-6H3. The van der Waals surface area contributed by atoms with E-state index in [-0.39, 0.29) is 0 Å². The molecule has 0 aromatic rings. The van der Waals surface area contributed by atoms with Crippen LogP contribution >= 0.6 is 0 Å². The maximum Gasteiger partial charge on any atom is 0.327 e. The van der Waals surface area contributed by atoms with E-state index in [1.165, 1.54) is 32.8 Å². The molecule has 1 aliphatic rings. The Morgan fingerprint density at radius 2 is 1.35 bits per heavy atom. The van der Waals surface area contributed by atoms with Crippen LogP contribution in [-0.4, -0.2) is 44.5 Å². The monoisotopic (exact) mass is 335 g/mol. The van der Waals surface area contributed by atoms with Crippen molar-refractivity contribution in [3.05, 3.63) is 20.2 Å². The van der Waals surface area contributed by atoms with Crippen LogP contribution in [0.1, 0.15) is 41.5 Å². The molecule has 1 fully saturated rings. The first-order valence-corrected chi connectivity index (χ1v) is 6.96. The Morgan fingerprint density at radius 3 is 1.61 bits per heavy atom. The van der Waals surface area contributed by atoms with Crippen molar-refractivity contribution in [3.8, 4) is 0 Å². The molecule has 0 saturated carbocycles. The van der Waals surface area contributed by atoms with Crippen molar-refractivity contribution in [2.24, 2.45) is 5.92 Å². The smallest absolute Gasteiger partial charge is 0.327 e. The molecule has 132 valence electrons. The van der Waals surface area contributed by atoms with Gasteiger partial charge in [-0.1, -0.05) is 13.8 Å². The van der Waals surface area contributed by atoms with Gasteiger partial charge in [0.1, 0.15) is 0 Å². The zero-order valence-corrected chi connectivity index (χ0v) is 13.8. The van der Waals surface area contributed by atoms with E-state index in [0.717, 1.165) is 0 Å². The van der Waals surface area contributed by atoms with E-state index in [4.69, 9.17) is 4.84 Å². The molecule has 1 aliphatic heterocycles. The van der Waals surface area contributed by atoms with Crippen LogP contribution in [0.2, 0.25) is 0 Å². The first-order chi connectivity index (χ1) is 10.3. The van der Waals surface area contributed by atoms with E-state index in [2.05, 4.69) is 9.68 Å². The lowest BCUT2D eigenvalue weighted by Gasteiger charge is -2.38. The van der Waals surface area contributed by atoms with Crippen molar-refractivity contribution in [1.29, 1.82) is 0 Å². The highest BCUT2D eigenvalue weighted by molar-refractivity contribution is 5.71. The van der Waals surface area contributed by atoms with Gasteiger partial charge in [0.25, 0.3) is 10.2 Å². The summed E-state index contributed by atoms with van der Waals surface area (Å²) < 4.78 is 0. The topological polar surface area (TPSA) is 134 Å². The Kier molecular flexibility index (Phi) is 5.04. The minimum Gasteiger partial charge on any atom is -0.366 e. The van der Waals surface area contributed by atoms with Crippen LogP contribution in [0.25, 0.3) is 0 Å². The van der Waals surface area contributed by atoms with E-state index < -0.39 is 45.3 Å². The summed E-state index contributed by atoms with van der Waals surface area (Å²) in [4.78, 5) is 48.0. The lowest BCUT2D eigenvalue weighted by Crippen LogP contribution is -2.53. The maximum atomic E-state index is 11.9. The normalized spacial score (nSPS) is 25.9. The highest BCUT2D eigenvalue weighted by Gasteiger charge is 2.64. The summed E-state index contributed by atoms with van der Waals surface area (Å²) in [6.07, 6.45) is -2.67. The molecule has 11 heteroatoms. The largest absolute Gasteiger partial charge is 0.366 e. The van der Waals surface area contributed by atoms with Gasteiger partial charge in [0.2, 0.25) is 0 Å². The average molecular weight is 335 g/mol. The van der Waals surface area contributed by atoms with Crippen LogP contribution < -0.4 is 0 Å². The molecular weight excluding hydrogens is 314 g/mol. The molecule has 0 spiro atoms. The van der Waals surface area contributed by atoms with Crippen molar-refractivity contribution >= 4 is 5.97 Å². The second kappa shape index (κ2) is 6.14. The number of hydroxylamine groups is 2. The summed E-state index contributed by atoms with van der Waals surface area (Å²) in [7, 11) is 0. The molecule has 0 aromatic heterocycles. The van der Waals surface area contributed by atoms with E-state index in [1.807, 2.05) is 0 Å². The van der Waals surface area contributed by atoms with Gasteiger partial charge >= 0.3 is 5.97 Å². The molecule has 1 saturated heterocycles. The quantitative estimate of drug-likeness (QED) is 0.517. The number of rotatable bonds is 6. The van der Waals surface area contributed by atoms with E-state index in [1.54, 1.807) is 13.8 Å². The van der Waals surface area contributed by atoms with Crippen molar-refractivity contribution < 1.29 is 29.5 Å². The fraction of sp³-hybridized carbons (Fsp3) is 0.917. The lowest BCUT2D eigenvalue weighted by atomic mass is 9.94. The van der Waals surface area contributed by atoms with Gasteiger partial charge in [-0.15, -0.1) is 25.3 Å². The Hall–Kier alpha value is -2.17. The fourth-order valence-corrected chi connectivity index (χ4v) is 2.70. The Labute approximate surface area is 132 Å². The van der Waals surface area contributed by atoms with Crippen LogP contribution in [0.4, 0.5) is 0 Å². The van der Waals surface area contributed by atoms with Gasteiger partial charge in [0.15, 0.2) is 12.2 Å². The minimum atomic E-state index is -1.34. The van der Waals surface area contributed by atoms with E-state index in [0.29, 0.717) is 0 Å². The summed E-state index contributed by atoms with van der Waals surface area (Å²) in [6, 6.07) is 0. The Morgan fingerprint density at radius 1 is 1.00 bits per heavy atom. The fourth-order valence-electron chi connectivity index (χ4n) is 2.70. The number of carbonyl (C=O) groups is 1. The molecule has 0 aromatic carbocycles. The van der Waals surface area contributed by atoms with Crippen LogP contribution in [0.15, 0.2) is 0 Å². The van der Waals surface area contributed by atoms with Gasteiger partial charge < -0.3 is 14.5 Å². The van der Waals surface area contributed by atoms with Gasteiger partial charge in [-0.2, -0.15) is 0 Å². The van der Waals surface area contributed by atoms with Crippen LogP contribution in [-0.2, 0) is 19.3 Å². The van der Waals surface area contributed by atoms with E-state index >= 15 is 0 Å². The first kappa shape index (κ1) is 18.9.